The van der Waals surface area contributed by atoms with Crippen molar-refractivity contribution < 1.29 is 4.39 Å². The van der Waals surface area contributed by atoms with E-state index < -0.39 is 0 Å². The van der Waals surface area contributed by atoms with Crippen LogP contribution in [0.4, 0.5) is 4.39 Å². The summed E-state index contributed by atoms with van der Waals surface area (Å²) in [6, 6.07) is 5.07. The molecule has 0 saturated carbocycles. The third-order valence-corrected chi connectivity index (χ3v) is 4.67. The van der Waals surface area contributed by atoms with Gasteiger partial charge in [0, 0.05) is 48.8 Å². The van der Waals surface area contributed by atoms with Crippen molar-refractivity contribution in [3.63, 3.8) is 0 Å². The van der Waals surface area contributed by atoms with E-state index in [-0.39, 0.29) is 17.9 Å². The second-order valence-electron chi connectivity index (χ2n) is 5.21. The molecule has 0 aromatic heterocycles. The maximum atomic E-state index is 14.1. The molecule has 6 heteroatoms. The summed E-state index contributed by atoms with van der Waals surface area (Å²) < 4.78 is 14.9. The van der Waals surface area contributed by atoms with E-state index in [0.29, 0.717) is 5.56 Å². The summed E-state index contributed by atoms with van der Waals surface area (Å²) in [7, 11) is 0. The lowest BCUT2D eigenvalue weighted by Crippen LogP contribution is -2.64. The molecular weight excluding hydrogens is 311 g/mol. The highest BCUT2D eigenvalue weighted by atomic mass is 79.9. The van der Waals surface area contributed by atoms with Crippen LogP contribution in [0.25, 0.3) is 0 Å². The second-order valence-corrected chi connectivity index (χ2v) is 6.13. The summed E-state index contributed by atoms with van der Waals surface area (Å²) in [5, 5.41) is 0. The Morgan fingerprint density at radius 2 is 2.05 bits per heavy atom. The molecule has 3 N–H and O–H groups in total. The van der Waals surface area contributed by atoms with Crippen molar-refractivity contribution in [3.05, 3.63) is 34.1 Å². The quantitative estimate of drug-likeness (QED) is 0.644. The Hall–Kier alpha value is -0.530. The summed E-state index contributed by atoms with van der Waals surface area (Å²) >= 11 is 3.40. The van der Waals surface area contributed by atoms with Gasteiger partial charge in [0.15, 0.2) is 0 Å². The van der Waals surface area contributed by atoms with Gasteiger partial charge in [-0.05, 0) is 18.2 Å². The van der Waals surface area contributed by atoms with Crippen molar-refractivity contribution in [1.29, 1.82) is 0 Å². The number of benzene rings is 1. The van der Waals surface area contributed by atoms with Gasteiger partial charge >= 0.3 is 0 Å². The van der Waals surface area contributed by atoms with Crippen LogP contribution in [-0.2, 0) is 0 Å². The zero-order chi connectivity index (χ0) is 13.4. The van der Waals surface area contributed by atoms with Gasteiger partial charge in [0.1, 0.15) is 5.82 Å². The first-order chi connectivity index (χ1) is 9.19. The fraction of sp³-hybridized carbons (Fsp3) is 0.538. The summed E-state index contributed by atoms with van der Waals surface area (Å²) in [5.74, 6) is 5.50. The van der Waals surface area contributed by atoms with Crippen LogP contribution in [0.5, 0.6) is 0 Å². The van der Waals surface area contributed by atoms with Gasteiger partial charge in [0.2, 0.25) is 0 Å². The Balaban J connectivity index is 1.90. The molecule has 3 aliphatic heterocycles. The zero-order valence-electron chi connectivity index (χ0n) is 10.6. The molecule has 0 amide bonds. The number of nitrogens with two attached hydrogens (primary N) is 1. The molecule has 2 unspecified atom stereocenters. The molecule has 0 spiro atoms. The number of hydrogen-bond donors (Lipinski definition) is 2. The highest BCUT2D eigenvalue weighted by Crippen LogP contribution is 2.29. The fourth-order valence-electron chi connectivity index (χ4n) is 3.13. The summed E-state index contributed by atoms with van der Waals surface area (Å²) in [4.78, 5) is 4.83. The molecule has 2 atom stereocenters. The first-order valence-electron chi connectivity index (χ1n) is 6.56. The van der Waals surface area contributed by atoms with E-state index in [9.17, 15) is 4.39 Å². The molecule has 0 radical (unpaired) electrons. The van der Waals surface area contributed by atoms with Crippen LogP contribution >= 0.6 is 15.9 Å². The first-order valence-corrected chi connectivity index (χ1v) is 7.36. The van der Waals surface area contributed by atoms with Crippen molar-refractivity contribution in [3.8, 4) is 0 Å². The molecule has 4 nitrogen and oxygen atoms in total. The number of nitrogens with zero attached hydrogens (tertiary/aromatic N) is 2. The Kier molecular flexibility index (Phi) is 3.86. The van der Waals surface area contributed by atoms with E-state index in [2.05, 4.69) is 31.2 Å². The van der Waals surface area contributed by atoms with E-state index in [0.717, 1.165) is 37.2 Å². The second kappa shape index (κ2) is 5.46. The van der Waals surface area contributed by atoms with Crippen LogP contribution in [-0.4, -0.2) is 48.6 Å². The number of nitrogens with one attached hydrogen (secondary N) is 1. The molecule has 0 aliphatic carbocycles. The SMILES string of the molecule is NNC(c1cc(Br)ccc1F)C1CN2CCN1CC2. The third-order valence-electron chi connectivity index (χ3n) is 4.18. The minimum Gasteiger partial charge on any atom is -0.299 e. The normalized spacial score (nSPS) is 31.4. The highest BCUT2D eigenvalue weighted by Gasteiger charge is 2.37. The lowest BCUT2D eigenvalue weighted by molar-refractivity contribution is -0.00420. The van der Waals surface area contributed by atoms with E-state index >= 15 is 0 Å². The van der Waals surface area contributed by atoms with E-state index in [4.69, 9.17) is 5.84 Å². The molecule has 3 saturated heterocycles. The van der Waals surface area contributed by atoms with Crippen molar-refractivity contribution in [2.24, 2.45) is 5.84 Å². The summed E-state index contributed by atoms with van der Waals surface area (Å²) in [5.41, 5.74) is 3.45. The standard InChI is InChI=1S/C13H18BrFN4/c14-9-1-2-11(15)10(7-9)13(17-16)12-8-18-3-5-19(12)6-4-18/h1-2,7,12-13,17H,3-6,8,16H2. The van der Waals surface area contributed by atoms with Crippen LogP contribution in [0.3, 0.4) is 0 Å². The smallest absolute Gasteiger partial charge is 0.128 e. The van der Waals surface area contributed by atoms with Crippen molar-refractivity contribution in [2.45, 2.75) is 12.1 Å². The lowest BCUT2D eigenvalue weighted by atomic mass is 9.94. The zero-order valence-corrected chi connectivity index (χ0v) is 12.2. The summed E-state index contributed by atoms with van der Waals surface area (Å²) in [6.45, 7) is 5.24. The highest BCUT2D eigenvalue weighted by molar-refractivity contribution is 9.10. The maximum Gasteiger partial charge on any atom is 0.128 e. The van der Waals surface area contributed by atoms with E-state index in [1.54, 1.807) is 6.07 Å². The van der Waals surface area contributed by atoms with E-state index in [1.165, 1.54) is 6.07 Å². The lowest BCUT2D eigenvalue weighted by Gasteiger charge is -2.50. The molecule has 19 heavy (non-hydrogen) atoms. The van der Waals surface area contributed by atoms with Crippen LogP contribution in [0.2, 0.25) is 0 Å². The molecular formula is C13H18BrFN4. The average Bonchev–Trinajstić information content (AvgIpc) is 2.45. The molecule has 3 fully saturated rings. The van der Waals surface area contributed by atoms with Crippen LogP contribution < -0.4 is 11.3 Å². The molecule has 1 aromatic carbocycles. The monoisotopic (exact) mass is 328 g/mol. The largest absolute Gasteiger partial charge is 0.299 e. The molecule has 3 aliphatic rings. The predicted octanol–water partition coefficient (Wildman–Crippen LogP) is 1.09. The van der Waals surface area contributed by atoms with Gasteiger partial charge in [-0.2, -0.15) is 0 Å². The predicted molar refractivity (Wildman–Crippen MR) is 76.0 cm³/mol. The fourth-order valence-corrected chi connectivity index (χ4v) is 3.51. The Morgan fingerprint density at radius 1 is 1.32 bits per heavy atom. The Morgan fingerprint density at radius 3 is 2.63 bits per heavy atom. The molecule has 3 heterocycles. The van der Waals surface area contributed by atoms with Gasteiger partial charge in [-0.1, -0.05) is 15.9 Å². The van der Waals surface area contributed by atoms with Crippen molar-refractivity contribution >= 4 is 15.9 Å². The van der Waals surface area contributed by atoms with Crippen molar-refractivity contribution in [1.82, 2.24) is 15.2 Å². The number of piperazine rings is 3. The number of rotatable bonds is 3. The van der Waals surface area contributed by atoms with Gasteiger partial charge in [-0.3, -0.25) is 21.1 Å². The minimum absolute atomic E-state index is 0.180. The molecule has 1 aromatic rings. The molecule has 2 bridgehead atoms. The van der Waals surface area contributed by atoms with Gasteiger partial charge in [0.25, 0.3) is 0 Å². The topological polar surface area (TPSA) is 44.5 Å². The van der Waals surface area contributed by atoms with Crippen LogP contribution in [0.15, 0.2) is 22.7 Å². The number of hydrazine groups is 1. The van der Waals surface area contributed by atoms with Crippen LogP contribution in [0, 0.1) is 5.82 Å². The van der Waals surface area contributed by atoms with E-state index in [1.807, 2.05) is 6.07 Å². The van der Waals surface area contributed by atoms with Crippen LogP contribution in [0.1, 0.15) is 11.6 Å². The number of halogens is 2. The van der Waals surface area contributed by atoms with Crippen molar-refractivity contribution in [2.75, 3.05) is 32.7 Å². The Labute approximate surface area is 120 Å². The molecule has 4 rings (SSSR count). The maximum absolute atomic E-state index is 14.1. The number of hydrogen-bond acceptors (Lipinski definition) is 4. The first kappa shape index (κ1) is 13.5. The minimum atomic E-state index is -0.205. The third kappa shape index (κ3) is 2.55. The average molecular weight is 329 g/mol. The van der Waals surface area contributed by atoms with Gasteiger partial charge in [-0.25, -0.2) is 4.39 Å². The van der Waals surface area contributed by atoms with Gasteiger partial charge < -0.3 is 0 Å². The molecule has 104 valence electrons. The Bertz CT molecular complexity index is 462. The summed E-state index contributed by atoms with van der Waals surface area (Å²) in [6.07, 6.45) is 0. The van der Waals surface area contributed by atoms with Gasteiger partial charge in [-0.15, -0.1) is 0 Å². The van der Waals surface area contributed by atoms with Gasteiger partial charge in [0.05, 0.1) is 6.04 Å². The number of fused-ring (bicyclic) bond motifs is 3.